The van der Waals surface area contributed by atoms with Crippen molar-refractivity contribution in [2.75, 3.05) is 24.8 Å². The zero-order valence-electron chi connectivity index (χ0n) is 14.1. The van der Waals surface area contributed by atoms with Crippen LogP contribution in [0, 0.1) is 0 Å². The van der Waals surface area contributed by atoms with E-state index in [0.717, 1.165) is 16.9 Å². The molecule has 3 rings (SSSR count). The third-order valence-corrected chi connectivity index (χ3v) is 5.91. The molecule has 1 aliphatic rings. The maximum absolute atomic E-state index is 12.0. The largest absolute Gasteiger partial charge is 0.469 e. The first-order valence-corrected chi connectivity index (χ1v) is 9.62. The molecule has 2 aromatic heterocycles. The molecule has 1 fully saturated rings. The van der Waals surface area contributed by atoms with E-state index in [-0.39, 0.29) is 24.3 Å². The Kier molecular flexibility index (Phi) is 4.91. The Morgan fingerprint density at radius 2 is 2.20 bits per heavy atom. The highest BCUT2D eigenvalue weighted by molar-refractivity contribution is 7.89. The Bertz CT molecular complexity index is 860. The molecule has 0 saturated heterocycles. The van der Waals surface area contributed by atoms with Gasteiger partial charge in [0.2, 0.25) is 10.0 Å². The van der Waals surface area contributed by atoms with Crippen molar-refractivity contribution in [2.24, 2.45) is 0 Å². The topological polar surface area (TPSA) is 117 Å². The molecule has 136 valence electrons. The fraction of sp³-hybridized carbons (Fsp3) is 0.533. The summed E-state index contributed by atoms with van der Waals surface area (Å²) in [5.41, 5.74) is 0.774. The van der Waals surface area contributed by atoms with Crippen LogP contribution < -0.4 is 9.62 Å². The molecule has 1 saturated carbocycles. The van der Waals surface area contributed by atoms with Gasteiger partial charge in [0.1, 0.15) is 17.8 Å². The second-order valence-electron chi connectivity index (χ2n) is 6.13. The minimum atomic E-state index is -3.49. The number of carbonyl (C=O) groups is 1. The Morgan fingerprint density at radius 3 is 2.92 bits per heavy atom. The van der Waals surface area contributed by atoms with E-state index in [2.05, 4.69) is 29.3 Å². The number of hydrogen-bond acceptors (Lipinski definition) is 7. The van der Waals surface area contributed by atoms with E-state index in [9.17, 15) is 13.2 Å². The summed E-state index contributed by atoms with van der Waals surface area (Å²) in [5.74, 6) is 0.0335. The maximum Gasteiger partial charge on any atom is 0.306 e. The standard InChI is InChI=1S/C15H21N5O4S/c1-20(15-12-3-5-16-14(12)17-9-18-15)11-7-10(8-11)19-25(22,23)6-4-13(21)24-2/h3,5,9-11,19H,4,6-8H2,1-2H3,(H,16,17,18). The van der Waals surface area contributed by atoms with Crippen LogP contribution in [0.1, 0.15) is 19.3 Å². The Balaban J connectivity index is 1.55. The summed E-state index contributed by atoms with van der Waals surface area (Å²) in [7, 11) is -0.301. The summed E-state index contributed by atoms with van der Waals surface area (Å²) >= 11 is 0. The zero-order valence-corrected chi connectivity index (χ0v) is 14.9. The average molecular weight is 367 g/mol. The number of methoxy groups -OCH3 is 1. The van der Waals surface area contributed by atoms with Crippen LogP contribution in [0.5, 0.6) is 0 Å². The van der Waals surface area contributed by atoms with Gasteiger partial charge in [-0.2, -0.15) is 0 Å². The lowest BCUT2D eigenvalue weighted by molar-refractivity contribution is -0.140. The Morgan fingerprint density at radius 1 is 1.44 bits per heavy atom. The molecule has 9 nitrogen and oxygen atoms in total. The predicted molar refractivity (Wildman–Crippen MR) is 92.7 cm³/mol. The Labute approximate surface area is 145 Å². The molecule has 0 atom stereocenters. The van der Waals surface area contributed by atoms with Gasteiger partial charge in [-0.1, -0.05) is 0 Å². The number of nitrogens with one attached hydrogen (secondary N) is 2. The second-order valence-corrected chi connectivity index (χ2v) is 8.01. The zero-order chi connectivity index (χ0) is 18.0. The molecule has 25 heavy (non-hydrogen) atoms. The smallest absolute Gasteiger partial charge is 0.306 e. The van der Waals surface area contributed by atoms with E-state index in [4.69, 9.17) is 0 Å². The molecule has 0 aliphatic heterocycles. The first kappa shape index (κ1) is 17.6. The highest BCUT2D eigenvalue weighted by Crippen LogP contribution is 2.31. The van der Waals surface area contributed by atoms with Crippen LogP contribution in [0.3, 0.4) is 0 Å². The number of nitrogens with zero attached hydrogens (tertiary/aromatic N) is 3. The molecule has 10 heteroatoms. The normalized spacial score (nSPS) is 20.2. The molecule has 2 N–H and O–H groups in total. The fourth-order valence-corrected chi connectivity index (χ4v) is 4.20. The van der Waals surface area contributed by atoms with Gasteiger partial charge in [-0.05, 0) is 18.9 Å². The number of aromatic amines is 1. The fourth-order valence-electron chi connectivity index (χ4n) is 2.95. The molecule has 0 amide bonds. The van der Waals surface area contributed by atoms with Crippen LogP contribution in [0.15, 0.2) is 18.6 Å². The first-order chi connectivity index (χ1) is 11.9. The number of sulfonamides is 1. The number of anilines is 1. The van der Waals surface area contributed by atoms with E-state index >= 15 is 0 Å². The van der Waals surface area contributed by atoms with Crippen LogP contribution >= 0.6 is 0 Å². The molecule has 2 heterocycles. The molecule has 0 unspecified atom stereocenters. The van der Waals surface area contributed by atoms with Gasteiger partial charge >= 0.3 is 5.97 Å². The van der Waals surface area contributed by atoms with Crippen LogP contribution in [0.4, 0.5) is 5.82 Å². The van der Waals surface area contributed by atoms with Crippen molar-refractivity contribution in [3.63, 3.8) is 0 Å². The van der Waals surface area contributed by atoms with Crippen LogP contribution in [-0.2, 0) is 19.6 Å². The van der Waals surface area contributed by atoms with Gasteiger partial charge in [-0.3, -0.25) is 4.79 Å². The van der Waals surface area contributed by atoms with Crippen molar-refractivity contribution in [3.8, 4) is 0 Å². The molecule has 0 aromatic carbocycles. The van der Waals surface area contributed by atoms with E-state index in [1.807, 2.05) is 19.3 Å². The number of aromatic nitrogens is 3. The van der Waals surface area contributed by atoms with Crippen molar-refractivity contribution in [1.82, 2.24) is 19.7 Å². The quantitative estimate of drug-likeness (QED) is 0.681. The van der Waals surface area contributed by atoms with Gasteiger partial charge < -0.3 is 14.6 Å². The van der Waals surface area contributed by atoms with Gasteiger partial charge in [0.15, 0.2) is 0 Å². The summed E-state index contributed by atoms with van der Waals surface area (Å²) in [6.07, 6.45) is 4.55. The summed E-state index contributed by atoms with van der Waals surface area (Å²) < 4.78 is 31.1. The van der Waals surface area contributed by atoms with E-state index in [1.54, 1.807) is 0 Å². The highest BCUT2D eigenvalue weighted by Gasteiger charge is 2.35. The molecular weight excluding hydrogens is 346 g/mol. The van der Waals surface area contributed by atoms with E-state index < -0.39 is 16.0 Å². The SMILES string of the molecule is COC(=O)CCS(=O)(=O)NC1CC(N(C)c2ncnc3[nH]ccc23)C1. The minimum absolute atomic E-state index is 0.126. The summed E-state index contributed by atoms with van der Waals surface area (Å²) in [5, 5.41) is 0.937. The first-order valence-electron chi connectivity index (χ1n) is 7.97. The summed E-state index contributed by atoms with van der Waals surface area (Å²) in [6, 6.07) is 1.99. The van der Waals surface area contributed by atoms with Crippen molar-refractivity contribution in [2.45, 2.75) is 31.3 Å². The van der Waals surface area contributed by atoms with E-state index in [0.29, 0.717) is 12.8 Å². The number of rotatable bonds is 7. The maximum atomic E-state index is 12.0. The van der Waals surface area contributed by atoms with Gasteiger partial charge in [0.05, 0.1) is 24.7 Å². The summed E-state index contributed by atoms with van der Waals surface area (Å²) in [4.78, 5) is 24.7. The van der Waals surface area contributed by atoms with Crippen LogP contribution in [0.2, 0.25) is 0 Å². The molecular formula is C15H21N5O4S. The molecule has 0 spiro atoms. The molecule has 2 aromatic rings. The number of ether oxygens (including phenoxy) is 1. The average Bonchev–Trinajstić information content (AvgIpc) is 3.03. The number of hydrogen-bond donors (Lipinski definition) is 2. The number of carbonyl (C=O) groups excluding carboxylic acids is 1. The molecule has 1 aliphatic carbocycles. The molecule has 0 bridgehead atoms. The van der Waals surface area contributed by atoms with E-state index in [1.165, 1.54) is 13.4 Å². The van der Waals surface area contributed by atoms with Gasteiger partial charge in [-0.15, -0.1) is 0 Å². The monoisotopic (exact) mass is 367 g/mol. The third-order valence-electron chi connectivity index (χ3n) is 4.48. The van der Waals surface area contributed by atoms with Crippen LogP contribution in [0.25, 0.3) is 11.0 Å². The lowest BCUT2D eigenvalue weighted by atomic mass is 9.86. The van der Waals surface area contributed by atoms with Gasteiger partial charge in [-0.25, -0.2) is 23.1 Å². The third kappa shape index (κ3) is 3.90. The molecule has 0 radical (unpaired) electrons. The van der Waals surface area contributed by atoms with Crippen molar-refractivity contribution < 1.29 is 17.9 Å². The van der Waals surface area contributed by atoms with Gasteiger partial charge in [0.25, 0.3) is 0 Å². The Hall–Kier alpha value is -2.20. The van der Waals surface area contributed by atoms with Crippen molar-refractivity contribution in [1.29, 1.82) is 0 Å². The van der Waals surface area contributed by atoms with Crippen LogP contribution in [-0.4, -0.2) is 61.3 Å². The van der Waals surface area contributed by atoms with Crippen molar-refractivity contribution in [3.05, 3.63) is 18.6 Å². The number of esters is 1. The summed E-state index contributed by atoms with van der Waals surface area (Å²) in [6.45, 7) is 0. The minimum Gasteiger partial charge on any atom is -0.469 e. The lowest BCUT2D eigenvalue weighted by Gasteiger charge is -2.41. The van der Waals surface area contributed by atoms with Crippen molar-refractivity contribution >= 4 is 32.8 Å². The second kappa shape index (κ2) is 6.96. The lowest BCUT2D eigenvalue weighted by Crippen LogP contribution is -2.53. The number of H-pyrrole nitrogens is 1. The van der Waals surface area contributed by atoms with Gasteiger partial charge in [0, 0.05) is 25.3 Å². The number of fused-ring (bicyclic) bond motifs is 1. The highest BCUT2D eigenvalue weighted by atomic mass is 32.2. The predicted octanol–water partition coefficient (Wildman–Crippen LogP) is 0.408.